The molecule has 0 heterocycles. The van der Waals surface area contributed by atoms with E-state index in [4.69, 9.17) is 4.84 Å². The maximum Gasteiger partial charge on any atom is 0.424 e. The molecule has 9 nitrogen and oxygen atoms in total. The molecular formula is C20H33N3O6. The molecule has 1 aromatic carbocycles. The van der Waals surface area contributed by atoms with E-state index in [2.05, 4.69) is 5.32 Å². The van der Waals surface area contributed by atoms with Crippen LogP contribution in [0.4, 0.5) is 4.79 Å². The van der Waals surface area contributed by atoms with Gasteiger partial charge in [-0.25, -0.2) is 9.80 Å². The Morgan fingerprint density at radius 1 is 1.24 bits per heavy atom. The summed E-state index contributed by atoms with van der Waals surface area (Å²) in [5.74, 6) is 0. The second-order valence-electron chi connectivity index (χ2n) is 7.84. The van der Waals surface area contributed by atoms with Gasteiger partial charge in [-0.15, -0.1) is 0 Å². The number of benzene rings is 1. The van der Waals surface area contributed by atoms with E-state index in [-0.39, 0.29) is 12.8 Å². The van der Waals surface area contributed by atoms with Crippen molar-refractivity contribution in [2.45, 2.75) is 77.5 Å². The molecule has 0 radical (unpaired) electrons. The zero-order valence-corrected chi connectivity index (χ0v) is 17.6. The molecule has 0 bridgehead atoms. The number of hydrogen-bond acceptors (Lipinski definition) is 6. The first-order chi connectivity index (χ1) is 13.5. The molecule has 4 unspecified atom stereocenters. The van der Waals surface area contributed by atoms with Gasteiger partial charge in [-0.2, -0.15) is 0 Å². The summed E-state index contributed by atoms with van der Waals surface area (Å²) in [7, 11) is 0. The van der Waals surface area contributed by atoms with Gasteiger partial charge in [-0.3, -0.25) is 9.63 Å². The lowest BCUT2D eigenvalue weighted by molar-refractivity contribution is -0.358. The summed E-state index contributed by atoms with van der Waals surface area (Å²) >= 11 is 0. The zero-order valence-electron chi connectivity index (χ0n) is 17.6. The molecule has 164 valence electrons. The number of carbonyl (C=O) groups is 2. The van der Waals surface area contributed by atoms with Gasteiger partial charge in [0.15, 0.2) is 6.17 Å². The molecule has 1 rings (SSSR count). The van der Waals surface area contributed by atoms with E-state index in [0.717, 1.165) is 15.7 Å². The van der Waals surface area contributed by atoms with Crippen LogP contribution in [-0.2, 0) is 16.1 Å². The number of aliphatic hydroxyl groups excluding tert-OH is 2. The summed E-state index contributed by atoms with van der Waals surface area (Å²) in [4.78, 5) is 29.3. The molecular weight excluding hydrogens is 378 g/mol. The molecule has 0 aliphatic rings. The summed E-state index contributed by atoms with van der Waals surface area (Å²) in [6.45, 7) is 8.32. The molecule has 0 aliphatic carbocycles. The normalized spacial score (nSPS) is 16.0. The molecule has 0 saturated carbocycles. The van der Waals surface area contributed by atoms with E-state index in [1.807, 2.05) is 30.3 Å². The predicted octanol–water partition coefficient (Wildman–Crippen LogP) is 1.75. The van der Waals surface area contributed by atoms with Gasteiger partial charge in [0.1, 0.15) is 0 Å². The van der Waals surface area contributed by atoms with E-state index in [0.29, 0.717) is 6.41 Å². The molecule has 0 spiro atoms. The van der Waals surface area contributed by atoms with Gasteiger partial charge >= 0.3 is 6.09 Å². The van der Waals surface area contributed by atoms with Crippen molar-refractivity contribution in [2.24, 2.45) is 0 Å². The molecule has 4 N–H and O–H groups in total. The predicted molar refractivity (Wildman–Crippen MR) is 107 cm³/mol. The molecule has 0 aromatic heterocycles. The van der Waals surface area contributed by atoms with E-state index < -0.39 is 36.1 Å². The smallest absolute Gasteiger partial charge is 0.424 e. The third-order valence-corrected chi connectivity index (χ3v) is 4.19. The first-order valence-corrected chi connectivity index (χ1v) is 9.62. The van der Waals surface area contributed by atoms with Crippen LogP contribution < -0.4 is 5.32 Å². The van der Waals surface area contributed by atoms with Crippen LogP contribution in [0.2, 0.25) is 0 Å². The second-order valence-corrected chi connectivity index (χ2v) is 7.84. The molecule has 1 aromatic rings. The van der Waals surface area contributed by atoms with Crippen molar-refractivity contribution in [3.63, 3.8) is 0 Å². The van der Waals surface area contributed by atoms with E-state index in [1.165, 1.54) is 6.92 Å². The minimum absolute atomic E-state index is 0.199. The average Bonchev–Trinajstić information content (AvgIpc) is 2.63. The number of rotatable bonds is 11. The van der Waals surface area contributed by atoms with Crippen LogP contribution in [0.25, 0.3) is 0 Å². The summed E-state index contributed by atoms with van der Waals surface area (Å²) in [6.07, 6.45) is -3.94. The fourth-order valence-electron chi connectivity index (χ4n) is 2.82. The van der Waals surface area contributed by atoms with Gasteiger partial charge < -0.3 is 20.6 Å². The van der Waals surface area contributed by atoms with Crippen molar-refractivity contribution in [3.8, 4) is 0 Å². The standard InChI is InChI=1S/C20H33N3O6/c1-6-17(26)18(21-13-24)23(29-20(3,4)5)22(19(27)28)16(14(2)25)12-15-10-8-7-9-11-15/h7-11,13-14,16-18,25-26H,6,12H2,1-5H3,(H,21,24)(H,27,28). The molecule has 2 amide bonds. The Morgan fingerprint density at radius 3 is 2.24 bits per heavy atom. The monoisotopic (exact) mass is 411 g/mol. The van der Waals surface area contributed by atoms with Crippen molar-refractivity contribution in [3.05, 3.63) is 35.9 Å². The van der Waals surface area contributed by atoms with Gasteiger partial charge in [-0.05, 0) is 46.1 Å². The Hall–Kier alpha value is -2.20. The lowest BCUT2D eigenvalue weighted by atomic mass is 10.0. The zero-order chi connectivity index (χ0) is 22.2. The largest absolute Gasteiger partial charge is 0.464 e. The molecule has 29 heavy (non-hydrogen) atoms. The summed E-state index contributed by atoms with van der Waals surface area (Å²) in [6, 6.07) is 8.20. The first kappa shape index (κ1) is 24.8. The molecule has 0 fully saturated rings. The van der Waals surface area contributed by atoms with Crippen LogP contribution in [0.3, 0.4) is 0 Å². The van der Waals surface area contributed by atoms with Crippen molar-refractivity contribution in [1.29, 1.82) is 0 Å². The molecule has 4 atom stereocenters. The van der Waals surface area contributed by atoms with E-state index >= 15 is 0 Å². The summed E-state index contributed by atoms with van der Waals surface area (Å²) < 4.78 is 0. The Kier molecular flexibility index (Phi) is 9.51. The lowest BCUT2D eigenvalue weighted by Gasteiger charge is -2.45. The number of carbonyl (C=O) groups excluding carboxylic acids is 1. The highest BCUT2D eigenvalue weighted by Crippen LogP contribution is 2.23. The maximum absolute atomic E-state index is 12.3. The molecule has 9 heteroatoms. The van der Waals surface area contributed by atoms with Crippen molar-refractivity contribution >= 4 is 12.5 Å². The number of hydroxylamine groups is 1. The SMILES string of the molecule is CCC(O)C(NC=O)N(OC(C)(C)C)N(C(=O)O)C(Cc1ccccc1)C(C)O. The first-order valence-electron chi connectivity index (χ1n) is 9.62. The summed E-state index contributed by atoms with van der Waals surface area (Å²) in [5, 5.41) is 35.1. The Balaban J connectivity index is 3.44. The lowest BCUT2D eigenvalue weighted by Crippen LogP contribution is -2.66. The Bertz CT molecular complexity index is 635. The van der Waals surface area contributed by atoms with Gasteiger partial charge in [0.2, 0.25) is 6.41 Å². The second kappa shape index (κ2) is 11.1. The van der Waals surface area contributed by atoms with Gasteiger partial charge in [0.25, 0.3) is 0 Å². The number of hydrogen-bond donors (Lipinski definition) is 4. The number of carboxylic acid groups (broad SMARTS) is 1. The topological polar surface area (TPSA) is 123 Å². The van der Waals surface area contributed by atoms with E-state index in [9.17, 15) is 24.9 Å². The summed E-state index contributed by atoms with van der Waals surface area (Å²) in [5.41, 5.74) is -0.0312. The quantitative estimate of drug-likeness (QED) is 0.248. The van der Waals surface area contributed by atoms with Crippen LogP contribution in [0, 0.1) is 0 Å². The number of aliphatic hydroxyl groups is 2. The van der Waals surface area contributed by atoms with Gasteiger partial charge in [0.05, 0.1) is 23.9 Å². The fraction of sp³-hybridized carbons (Fsp3) is 0.600. The third kappa shape index (κ3) is 7.62. The number of amides is 2. The number of nitrogens with zero attached hydrogens (tertiary/aromatic N) is 2. The number of nitrogens with one attached hydrogen (secondary N) is 1. The highest BCUT2D eigenvalue weighted by atomic mass is 16.7. The molecule has 0 saturated heterocycles. The fourth-order valence-corrected chi connectivity index (χ4v) is 2.82. The third-order valence-electron chi connectivity index (χ3n) is 4.19. The van der Waals surface area contributed by atoms with Crippen LogP contribution in [0.1, 0.15) is 46.6 Å². The Morgan fingerprint density at radius 2 is 1.83 bits per heavy atom. The minimum Gasteiger partial charge on any atom is -0.464 e. The van der Waals surface area contributed by atoms with Crippen molar-refractivity contribution in [1.82, 2.24) is 15.5 Å². The Labute approximate surface area is 171 Å². The van der Waals surface area contributed by atoms with E-state index in [1.54, 1.807) is 27.7 Å². The van der Waals surface area contributed by atoms with Crippen LogP contribution in [0.5, 0.6) is 0 Å². The average molecular weight is 411 g/mol. The van der Waals surface area contributed by atoms with Gasteiger partial charge in [-0.1, -0.05) is 42.4 Å². The molecule has 0 aliphatic heterocycles. The van der Waals surface area contributed by atoms with Crippen LogP contribution in [0.15, 0.2) is 30.3 Å². The number of hydrazine groups is 1. The highest BCUT2D eigenvalue weighted by Gasteiger charge is 2.41. The van der Waals surface area contributed by atoms with Crippen LogP contribution >= 0.6 is 0 Å². The highest BCUT2D eigenvalue weighted by molar-refractivity contribution is 5.65. The minimum atomic E-state index is -1.39. The van der Waals surface area contributed by atoms with Gasteiger partial charge in [0, 0.05) is 0 Å². The van der Waals surface area contributed by atoms with Crippen LogP contribution in [-0.4, -0.2) is 68.0 Å². The maximum atomic E-state index is 12.3. The van der Waals surface area contributed by atoms with Crippen molar-refractivity contribution < 1.29 is 29.7 Å². The van der Waals surface area contributed by atoms with Crippen molar-refractivity contribution in [2.75, 3.05) is 0 Å².